The number of pyridine rings is 1. The van der Waals surface area contributed by atoms with Crippen molar-refractivity contribution in [2.75, 3.05) is 18.0 Å². The third kappa shape index (κ3) is 3.92. The molecule has 8 nitrogen and oxygen atoms in total. The first-order chi connectivity index (χ1) is 8.95. The number of aliphatic carboxylic acids is 1. The molecule has 0 spiro atoms. The molecule has 1 aromatic heterocycles. The predicted octanol–water partition coefficient (Wildman–Crippen LogP) is 1.04. The Labute approximate surface area is 109 Å². The van der Waals surface area contributed by atoms with Gasteiger partial charge in [0.1, 0.15) is 18.6 Å². The van der Waals surface area contributed by atoms with Crippen LogP contribution in [0.4, 0.5) is 11.5 Å². The second-order valence-electron chi connectivity index (χ2n) is 3.91. The molecule has 100 valence electrons. The van der Waals surface area contributed by atoms with Gasteiger partial charge in [0.15, 0.2) is 0 Å². The largest absolute Gasteiger partial charge is 0.481 e. The molecular weight excluding hydrogens is 252 g/mol. The molecule has 0 aromatic carbocycles. The van der Waals surface area contributed by atoms with Gasteiger partial charge >= 0.3 is 5.97 Å². The lowest BCUT2D eigenvalue weighted by atomic mass is 10.1. The van der Waals surface area contributed by atoms with Gasteiger partial charge in [0.05, 0.1) is 16.9 Å². The van der Waals surface area contributed by atoms with Crippen molar-refractivity contribution in [1.82, 2.24) is 4.98 Å². The van der Waals surface area contributed by atoms with Crippen molar-refractivity contribution in [3.05, 3.63) is 28.4 Å². The summed E-state index contributed by atoms with van der Waals surface area (Å²) >= 11 is 0. The molecule has 0 aliphatic rings. The van der Waals surface area contributed by atoms with E-state index in [1.807, 2.05) is 6.07 Å². The molecule has 1 N–H and O–H groups in total. The average Bonchev–Trinajstić information content (AvgIpc) is 2.38. The molecular formula is C11H12N4O4. The van der Waals surface area contributed by atoms with Crippen molar-refractivity contribution in [3.8, 4) is 6.07 Å². The molecule has 0 aliphatic heterocycles. The number of hydrogen-bond acceptors (Lipinski definition) is 6. The lowest BCUT2D eigenvalue weighted by Crippen LogP contribution is -2.32. The highest BCUT2D eigenvalue weighted by Crippen LogP contribution is 2.16. The number of aromatic nitrogens is 1. The Kier molecular flexibility index (Phi) is 4.76. The number of carboxylic acids is 1. The molecule has 1 aromatic rings. The van der Waals surface area contributed by atoms with Gasteiger partial charge in [-0.2, -0.15) is 5.26 Å². The van der Waals surface area contributed by atoms with Gasteiger partial charge in [-0.3, -0.25) is 14.9 Å². The number of nitrogens with zero attached hydrogens (tertiary/aromatic N) is 4. The Morgan fingerprint density at radius 3 is 2.79 bits per heavy atom. The van der Waals surface area contributed by atoms with Crippen LogP contribution in [0.5, 0.6) is 0 Å². The summed E-state index contributed by atoms with van der Waals surface area (Å²) in [6.45, 7) is 1.58. The van der Waals surface area contributed by atoms with E-state index >= 15 is 0 Å². The molecule has 1 atom stereocenters. The number of hydrogen-bond donors (Lipinski definition) is 1. The predicted molar refractivity (Wildman–Crippen MR) is 65.5 cm³/mol. The van der Waals surface area contributed by atoms with Gasteiger partial charge in [-0.1, -0.05) is 6.92 Å². The van der Waals surface area contributed by atoms with E-state index in [2.05, 4.69) is 4.98 Å². The minimum Gasteiger partial charge on any atom is -0.481 e. The summed E-state index contributed by atoms with van der Waals surface area (Å²) in [5, 5.41) is 28.1. The summed E-state index contributed by atoms with van der Waals surface area (Å²) in [5.41, 5.74) is -0.160. The van der Waals surface area contributed by atoms with Crippen LogP contribution in [0.25, 0.3) is 0 Å². The maximum atomic E-state index is 10.8. The summed E-state index contributed by atoms with van der Waals surface area (Å²) < 4.78 is 0. The van der Waals surface area contributed by atoms with Crippen molar-refractivity contribution >= 4 is 17.5 Å². The molecule has 0 radical (unpaired) electrons. The lowest BCUT2D eigenvalue weighted by molar-refractivity contribution is -0.385. The van der Waals surface area contributed by atoms with Gasteiger partial charge in [-0.15, -0.1) is 0 Å². The van der Waals surface area contributed by atoms with Crippen LogP contribution in [0.3, 0.4) is 0 Å². The van der Waals surface area contributed by atoms with E-state index in [0.717, 1.165) is 6.20 Å². The zero-order valence-electron chi connectivity index (χ0n) is 10.2. The SMILES string of the molecule is CC(CN(CC#N)c1ccc([N+](=O)[O-])cn1)C(=O)O. The summed E-state index contributed by atoms with van der Waals surface area (Å²) in [4.78, 5) is 26.0. The Morgan fingerprint density at radius 1 is 1.68 bits per heavy atom. The first-order valence-electron chi connectivity index (χ1n) is 5.41. The van der Waals surface area contributed by atoms with Crippen LogP contribution in [-0.2, 0) is 4.79 Å². The van der Waals surface area contributed by atoms with E-state index in [-0.39, 0.29) is 18.8 Å². The van der Waals surface area contributed by atoms with Gasteiger partial charge in [-0.25, -0.2) is 4.98 Å². The van der Waals surface area contributed by atoms with Gasteiger partial charge in [0.25, 0.3) is 5.69 Å². The first kappa shape index (κ1) is 14.4. The van der Waals surface area contributed by atoms with Crippen LogP contribution in [0.15, 0.2) is 18.3 Å². The van der Waals surface area contributed by atoms with Crippen molar-refractivity contribution in [3.63, 3.8) is 0 Å². The summed E-state index contributed by atoms with van der Waals surface area (Å²) in [5.74, 6) is -1.32. The van der Waals surface area contributed by atoms with Crippen molar-refractivity contribution in [1.29, 1.82) is 5.26 Å². The minimum absolute atomic E-state index is 0.0393. The average molecular weight is 264 g/mol. The number of nitro groups is 1. The molecule has 0 saturated carbocycles. The van der Waals surface area contributed by atoms with Crippen LogP contribution in [0.2, 0.25) is 0 Å². The zero-order valence-corrected chi connectivity index (χ0v) is 10.2. The standard InChI is InChI=1S/C11H12N4O4/c1-8(11(16)17)7-14(5-4-12)10-3-2-9(6-13-10)15(18)19/h2-3,6,8H,5,7H2,1H3,(H,16,17). The van der Waals surface area contributed by atoms with Crippen LogP contribution in [-0.4, -0.2) is 34.1 Å². The van der Waals surface area contributed by atoms with Crippen LogP contribution in [0.1, 0.15) is 6.92 Å². The fraction of sp³-hybridized carbons (Fsp3) is 0.364. The zero-order chi connectivity index (χ0) is 14.4. The van der Waals surface area contributed by atoms with Crippen molar-refractivity contribution in [2.24, 2.45) is 5.92 Å². The van der Waals surface area contributed by atoms with E-state index in [0.29, 0.717) is 5.82 Å². The third-order valence-corrected chi connectivity index (χ3v) is 2.44. The number of carboxylic acid groups (broad SMARTS) is 1. The third-order valence-electron chi connectivity index (χ3n) is 2.44. The first-order valence-corrected chi connectivity index (χ1v) is 5.41. The molecule has 8 heteroatoms. The molecule has 0 aliphatic carbocycles. The van der Waals surface area contributed by atoms with Crippen LogP contribution in [0, 0.1) is 27.4 Å². The Hall–Kier alpha value is -2.69. The van der Waals surface area contributed by atoms with Crippen molar-refractivity contribution < 1.29 is 14.8 Å². The Bertz CT molecular complexity index is 508. The number of rotatable bonds is 6. The van der Waals surface area contributed by atoms with E-state index < -0.39 is 16.8 Å². The summed E-state index contributed by atoms with van der Waals surface area (Å²) in [7, 11) is 0. The van der Waals surface area contributed by atoms with E-state index in [9.17, 15) is 14.9 Å². The molecule has 1 heterocycles. The van der Waals surface area contributed by atoms with Gasteiger partial charge in [0, 0.05) is 12.6 Å². The molecule has 1 rings (SSSR count). The number of carbonyl (C=O) groups is 1. The number of nitriles is 1. The topological polar surface area (TPSA) is 120 Å². The smallest absolute Gasteiger partial charge is 0.308 e. The Morgan fingerprint density at radius 2 is 2.37 bits per heavy atom. The molecule has 0 fully saturated rings. The van der Waals surface area contributed by atoms with Gasteiger partial charge < -0.3 is 10.0 Å². The second kappa shape index (κ2) is 6.30. The highest BCUT2D eigenvalue weighted by atomic mass is 16.6. The fourth-order valence-corrected chi connectivity index (χ4v) is 1.41. The van der Waals surface area contributed by atoms with Crippen LogP contribution >= 0.6 is 0 Å². The minimum atomic E-state index is -0.982. The number of anilines is 1. The normalized spacial score (nSPS) is 11.4. The maximum Gasteiger partial charge on any atom is 0.308 e. The summed E-state index contributed by atoms with van der Waals surface area (Å²) in [6, 6.07) is 4.56. The molecule has 1 unspecified atom stereocenters. The monoisotopic (exact) mass is 264 g/mol. The van der Waals surface area contributed by atoms with Crippen molar-refractivity contribution in [2.45, 2.75) is 6.92 Å². The highest BCUT2D eigenvalue weighted by Gasteiger charge is 2.18. The lowest BCUT2D eigenvalue weighted by Gasteiger charge is -2.22. The quantitative estimate of drug-likeness (QED) is 0.463. The van der Waals surface area contributed by atoms with Crippen LogP contribution < -0.4 is 4.90 Å². The van der Waals surface area contributed by atoms with Gasteiger partial charge in [-0.05, 0) is 6.07 Å². The van der Waals surface area contributed by atoms with E-state index in [4.69, 9.17) is 10.4 Å². The Balaban J connectivity index is 2.90. The maximum absolute atomic E-state index is 10.8. The molecule has 0 amide bonds. The van der Waals surface area contributed by atoms with Gasteiger partial charge in [0.2, 0.25) is 0 Å². The molecule has 19 heavy (non-hydrogen) atoms. The highest BCUT2D eigenvalue weighted by molar-refractivity contribution is 5.70. The van der Waals surface area contributed by atoms with E-state index in [1.54, 1.807) is 0 Å². The molecule has 0 bridgehead atoms. The second-order valence-corrected chi connectivity index (χ2v) is 3.91. The molecule has 0 saturated heterocycles. The fourth-order valence-electron chi connectivity index (χ4n) is 1.41. The summed E-state index contributed by atoms with van der Waals surface area (Å²) in [6.07, 6.45) is 1.07. The van der Waals surface area contributed by atoms with E-state index in [1.165, 1.54) is 24.0 Å².